The summed E-state index contributed by atoms with van der Waals surface area (Å²) in [6, 6.07) is 0. The highest BCUT2D eigenvalue weighted by Crippen LogP contribution is 2.01. The van der Waals surface area contributed by atoms with Crippen LogP contribution in [0.1, 0.15) is 33.6 Å². The van der Waals surface area contributed by atoms with Crippen molar-refractivity contribution in [3.63, 3.8) is 0 Å². The van der Waals surface area contributed by atoms with Gasteiger partial charge in [0.25, 0.3) is 0 Å². The van der Waals surface area contributed by atoms with E-state index < -0.39 is 0 Å². The van der Waals surface area contributed by atoms with Crippen LogP contribution in [0.4, 0.5) is 0 Å². The zero-order valence-electron chi connectivity index (χ0n) is 7.41. The van der Waals surface area contributed by atoms with Crippen LogP contribution in [0.3, 0.4) is 0 Å². The SMILES string of the molecule is C=C(NCCCC)C(C)C. The van der Waals surface area contributed by atoms with Gasteiger partial charge in [-0.3, -0.25) is 0 Å². The molecule has 0 aliphatic rings. The maximum atomic E-state index is 3.91. The average molecular weight is 141 g/mol. The Hall–Kier alpha value is -0.460. The number of nitrogens with one attached hydrogen (secondary N) is 1. The third-order valence-corrected chi connectivity index (χ3v) is 1.58. The zero-order chi connectivity index (χ0) is 7.98. The van der Waals surface area contributed by atoms with Gasteiger partial charge in [0.1, 0.15) is 0 Å². The van der Waals surface area contributed by atoms with E-state index in [0.717, 1.165) is 12.2 Å². The van der Waals surface area contributed by atoms with Crippen LogP contribution in [0.5, 0.6) is 0 Å². The Kier molecular flexibility index (Phi) is 5.09. The molecule has 0 aliphatic carbocycles. The van der Waals surface area contributed by atoms with Gasteiger partial charge in [0, 0.05) is 12.2 Å². The van der Waals surface area contributed by atoms with Crippen LogP contribution in [-0.2, 0) is 0 Å². The lowest BCUT2D eigenvalue weighted by Crippen LogP contribution is -2.17. The van der Waals surface area contributed by atoms with Crippen molar-refractivity contribution in [1.29, 1.82) is 0 Å². The predicted octanol–water partition coefficient (Wildman–Crippen LogP) is 2.55. The highest BCUT2D eigenvalue weighted by Gasteiger charge is 1.96. The van der Waals surface area contributed by atoms with Crippen molar-refractivity contribution in [1.82, 2.24) is 5.32 Å². The zero-order valence-corrected chi connectivity index (χ0v) is 7.41. The quantitative estimate of drug-likeness (QED) is 0.580. The molecule has 0 radical (unpaired) electrons. The first kappa shape index (κ1) is 9.54. The van der Waals surface area contributed by atoms with Crippen LogP contribution in [0.2, 0.25) is 0 Å². The maximum absolute atomic E-state index is 3.91. The lowest BCUT2D eigenvalue weighted by atomic mass is 10.1. The van der Waals surface area contributed by atoms with E-state index in [2.05, 4.69) is 32.7 Å². The molecule has 0 saturated heterocycles. The minimum absolute atomic E-state index is 0.567. The van der Waals surface area contributed by atoms with Gasteiger partial charge in [-0.15, -0.1) is 0 Å². The van der Waals surface area contributed by atoms with E-state index in [-0.39, 0.29) is 0 Å². The van der Waals surface area contributed by atoms with E-state index in [1.54, 1.807) is 0 Å². The molecule has 0 aliphatic heterocycles. The van der Waals surface area contributed by atoms with Gasteiger partial charge in [0.2, 0.25) is 0 Å². The molecule has 0 aromatic carbocycles. The monoisotopic (exact) mass is 141 g/mol. The van der Waals surface area contributed by atoms with Crippen LogP contribution >= 0.6 is 0 Å². The normalized spacial score (nSPS) is 10.0. The lowest BCUT2D eigenvalue weighted by Gasteiger charge is -2.11. The molecule has 0 bridgehead atoms. The minimum Gasteiger partial charge on any atom is -0.389 e. The van der Waals surface area contributed by atoms with Crippen molar-refractivity contribution >= 4 is 0 Å². The fraction of sp³-hybridized carbons (Fsp3) is 0.778. The second-order valence-corrected chi connectivity index (χ2v) is 2.96. The third-order valence-electron chi connectivity index (χ3n) is 1.58. The molecular formula is C9H19N. The van der Waals surface area contributed by atoms with Gasteiger partial charge < -0.3 is 5.32 Å². The first-order chi connectivity index (χ1) is 4.68. The average Bonchev–Trinajstić information content (AvgIpc) is 1.88. The fourth-order valence-corrected chi connectivity index (χ4v) is 0.630. The summed E-state index contributed by atoms with van der Waals surface area (Å²) in [5.41, 5.74) is 1.16. The molecule has 0 aromatic rings. The van der Waals surface area contributed by atoms with Crippen LogP contribution in [0, 0.1) is 5.92 Å². The van der Waals surface area contributed by atoms with E-state index in [4.69, 9.17) is 0 Å². The molecule has 0 fully saturated rings. The summed E-state index contributed by atoms with van der Waals surface area (Å²) >= 11 is 0. The van der Waals surface area contributed by atoms with Crippen molar-refractivity contribution in [2.24, 2.45) is 5.92 Å². The molecule has 10 heavy (non-hydrogen) atoms. The Morgan fingerprint density at radius 3 is 2.50 bits per heavy atom. The van der Waals surface area contributed by atoms with E-state index in [1.807, 2.05) is 0 Å². The largest absolute Gasteiger partial charge is 0.389 e. The number of hydrogen-bond donors (Lipinski definition) is 1. The highest BCUT2D eigenvalue weighted by molar-refractivity contribution is 4.93. The summed E-state index contributed by atoms with van der Waals surface area (Å²) in [4.78, 5) is 0. The fourth-order valence-electron chi connectivity index (χ4n) is 0.630. The molecule has 0 spiro atoms. The van der Waals surface area contributed by atoms with Gasteiger partial charge in [-0.2, -0.15) is 0 Å². The van der Waals surface area contributed by atoms with Gasteiger partial charge in [0.15, 0.2) is 0 Å². The molecule has 0 amide bonds. The standard InChI is InChI=1S/C9H19N/c1-5-6-7-10-9(4)8(2)3/h8,10H,4-7H2,1-3H3. The molecule has 60 valence electrons. The van der Waals surface area contributed by atoms with Crippen molar-refractivity contribution in [2.75, 3.05) is 6.54 Å². The Morgan fingerprint density at radius 1 is 1.50 bits per heavy atom. The number of rotatable bonds is 5. The molecule has 0 rings (SSSR count). The highest BCUT2D eigenvalue weighted by atomic mass is 14.9. The summed E-state index contributed by atoms with van der Waals surface area (Å²) in [5, 5.41) is 3.29. The third kappa shape index (κ3) is 4.42. The van der Waals surface area contributed by atoms with E-state index in [9.17, 15) is 0 Å². The first-order valence-electron chi connectivity index (χ1n) is 4.11. The summed E-state index contributed by atoms with van der Waals surface area (Å²) < 4.78 is 0. The van der Waals surface area contributed by atoms with Crippen molar-refractivity contribution in [2.45, 2.75) is 33.6 Å². The van der Waals surface area contributed by atoms with Gasteiger partial charge >= 0.3 is 0 Å². The number of allylic oxidation sites excluding steroid dienone is 1. The van der Waals surface area contributed by atoms with E-state index in [0.29, 0.717) is 5.92 Å². The Balaban J connectivity index is 3.22. The second-order valence-electron chi connectivity index (χ2n) is 2.96. The van der Waals surface area contributed by atoms with Gasteiger partial charge in [-0.25, -0.2) is 0 Å². The molecule has 0 unspecified atom stereocenters. The van der Waals surface area contributed by atoms with Crippen LogP contribution in [0.15, 0.2) is 12.3 Å². The summed E-state index contributed by atoms with van der Waals surface area (Å²) in [5.74, 6) is 0.567. The summed E-state index contributed by atoms with van der Waals surface area (Å²) in [6.45, 7) is 11.5. The van der Waals surface area contributed by atoms with Gasteiger partial charge in [0.05, 0.1) is 0 Å². The van der Waals surface area contributed by atoms with Crippen LogP contribution < -0.4 is 5.32 Å². The lowest BCUT2D eigenvalue weighted by molar-refractivity contribution is 0.629. The van der Waals surface area contributed by atoms with Gasteiger partial charge in [-0.1, -0.05) is 33.8 Å². The Labute approximate surface area is 64.5 Å². The second kappa shape index (κ2) is 5.33. The first-order valence-corrected chi connectivity index (χ1v) is 4.11. The molecule has 0 saturated carbocycles. The van der Waals surface area contributed by atoms with Crippen LogP contribution in [-0.4, -0.2) is 6.54 Å². The molecular weight excluding hydrogens is 122 g/mol. The smallest absolute Gasteiger partial charge is 0.0143 e. The van der Waals surface area contributed by atoms with E-state index in [1.165, 1.54) is 12.8 Å². The summed E-state index contributed by atoms with van der Waals surface area (Å²) in [6.07, 6.45) is 2.49. The molecule has 1 N–H and O–H groups in total. The number of hydrogen-bond acceptors (Lipinski definition) is 1. The molecule has 1 heteroatoms. The topological polar surface area (TPSA) is 12.0 Å². The van der Waals surface area contributed by atoms with Crippen molar-refractivity contribution in [3.8, 4) is 0 Å². The Morgan fingerprint density at radius 2 is 2.10 bits per heavy atom. The van der Waals surface area contributed by atoms with Gasteiger partial charge in [-0.05, 0) is 12.3 Å². The molecule has 0 aromatic heterocycles. The molecule has 0 atom stereocenters. The van der Waals surface area contributed by atoms with Crippen LogP contribution in [0.25, 0.3) is 0 Å². The van der Waals surface area contributed by atoms with Crippen molar-refractivity contribution < 1.29 is 0 Å². The number of unbranched alkanes of at least 4 members (excludes halogenated alkanes) is 1. The maximum Gasteiger partial charge on any atom is 0.0143 e. The molecule has 0 heterocycles. The predicted molar refractivity (Wildman–Crippen MR) is 46.9 cm³/mol. The summed E-state index contributed by atoms with van der Waals surface area (Å²) in [7, 11) is 0. The minimum atomic E-state index is 0.567. The van der Waals surface area contributed by atoms with E-state index >= 15 is 0 Å². The molecule has 1 nitrogen and oxygen atoms in total. The van der Waals surface area contributed by atoms with Crippen molar-refractivity contribution in [3.05, 3.63) is 12.3 Å². The Bertz CT molecular complexity index is 94.9.